The molecule has 1 aliphatic heterocycles. The Labute approximate surface area is 184 Å². The minimum Gasteiger partial charge on any atom is -0.481 e. The number of hydrogen-bond donors (Lipinski definition) is 1. The smallest absolute Gasteiger partial charge is 0.410 e. The average molecular weight is 436 g/mol. The lowest BCUT2D eigenvalue weighted by Gasteiger charge is -2.27. The van der Waals surface area contributed by atoms with Crippen LogP contribution in [0.2, 0.25) is 0 Å². The molecule has 174 valence electrons. The van der Waals surface area contributed by atoms with Gasteiger partial charge in [-0.05, 0) is 46.0 Å². The van der Waals surface area contributed by atoms with Crippen molar-refractivity contribution in [3.63, 3.8) is 0 Å². The highest BCUT2D eigenvalue weighted by molar-refractivity contribution is 5.69. The maximum atomic E-state index is 12.6. The van der Waals surface area contributed by atoms with E-state index in [0.29, 0.717) is 18.3 Å². The van der Waals surface area contributed by atoms with E-state index >= 15 is 0 Å². The molecule has 0 radical (unpaired) electrons. The second kappa shape index (κ2) is 10.5. The highest BCUT2D eigenvalue weighted by atomic mass is 16.6. The van der Waals surface area contributed by atoms with Crippen LogP contribution in [0, 0.1) is 5.92 Å². The van der Waals surface area contributed by atoms with Gasteiger partial charge >= 0.3 is 12.1 Å². The van der Waals surface area contributed by atoms with Crippen molar-refractivity contribution in [2.24, 2.45) is 5.92 Å². The zero-order chi connectivity index (χ0) is 22.4. The van der Waals surface area contributed by atoms with Gasteiger partial charge in [0.1, 0.15) is 5.60 Å². The summed E-state index contributed by atoms with van der Waals surface area (Å²) in [7, 11) is 0. The molecular formula is C23H37N3O5. The Balaban J connectivity index is 1.63. The zero-order valence-corrected chi connectivity index (χ0v) is 19.1. The van der Waals surface area contributed by atoms with Crippen LogP contribution in [0.1, 0.15) is 115 Å². The molecule has 1 saturated carbocycles. The van der Waals surface area contributed by atoms with Gasteiger partial charge in [0.2, 0.25) is 5.89 Å². The standard InChI is InChI=1S/C23H37N3O5/c1-23(2,3)30-22(29)26-14-8-13-18(26)20-24-21(31-25-20)17(15-19(27)28)12-7-11-16-9-5-4-6-10-16/h16-18H,4-15H2,1-3H3,(H,27,28)/t17-,18?/m1/s1. The van der Waals surface area contributed by atoms with Crippen LogP contribution in [0.25, 0.3) is 0 Å². The van der Waals surface area contributed by atoms with Gasteiger partial charge in [-0.25, -0.2) is 4.79 Å². The summed E-state index contributed by atoms with van der Waals surface area (Å²) in [5.74, 6) is 0.425. The van der Waals surface area contributed by atoms with Gasteiger partial charge in [-0.15, -0.1) is 0 Å². The van der Waals surface area contributed by atoms with Crippen molar-refractivity contribution >= 4 is 12.1 Å². The Hall–Kier alpha value is -2.12. The predicted octanol–water partition coefficient (Wildman–Crippen LogP) is 5.45. The molecule has 8 heteroatoms. The van der Waals surface area contributed by atoms with Gasteiger partial charge in [0.05, 0.1) is 12.5 Å². The number of hydrogen-bond acceptors (Lipinski definition) is 6. The summed E-state index contributed by atoms with van der Waals surface area (Å²) in [6.45, 7) is 6.11. The highest BCUT2D eigenvalue weighted by Gasteiger charge is 2.36. The first kappa shape index (κ1) is 23.5. The molecule has 1 aliphatic carbocycles. The molecule has 1 amide bonds. The number of amides is 1. The Morgan fingerprint density at radius 2 is 1.94 bits per heavy atom. The summed E-state index contributed by atoms with van der Waals surface area (Å²) in [6, 6.07) is -0.292. The molecule has 1 saturated heterocycles. The van der Waals surface area contributed by atoms with Gasteiger partial charge in [0.25, 0.3) is 0 Å². The van der Waals surface area contributed by atoms with Gasteiger partial charge in [-0.1, -0.05) is 50.1 Å². The third kappa shape index (κ3) is 6.94. The number of rotatable bonds is 8. The van der Waals surface area contributed by atoms with Gasteiger partial charge in [-0.3, -0.25) is 9.69 Å². The molecule has 2 aliphatic rings. The SMILES string of the molecule is CC(C)(C)OC(=O)N1CCCC1c1noc([C@H](CCCC2CCCCC2)CC(=O)O)n1. The second-order valence-electron chi connectivity index (χ2n) is 10.1. The van der Waals surface area contributed by atoms with Gasteiger partial charge in [0, 0.05) is 12.5 Å². The molecule has 0 aromatic carbocycles. The van der Waals surface area contributed by atoms with Crippen LogP contribution >= 0.6 is 0 Å². The van der Waals surface area contributed by atoms with Crippen molar-refractivity contribution in [2.75, 3.05) is 6.54 Å². The van der Waals surface area contributed by atoms with Crippen molar-refractivity contribution in [1.82, 2.24) is 15.0 Å². The Morgan fingerprint density at radius 1 is 1.19 bits per heavy atom. The van der Waals surface area contributed by atoms with Crippen LogP contribution in [0.15, 0.2) is 4.52 Å². The van der Waals surface area contributed by atoms with E-state index in [1.807, 2.05) is 20.8 Å². The molecule has 31 heavy (non-hydrogen) atoms. The van der Waals surface area contributed by atoms with E-state index in [2.05, 4.69) is 10.1 Å². The van der Waals surface area contributed by atoms with Crippen molar-refractivity contribution in [1.29, 1.82) is 0 Å². The van der Waals surface area contributed by atoms with Crippen LogP contribution in [-0.2, 0) is 9.53 Å². The van der Waals surface area contributed by atoms with Crippen molar-refractivity contribution in [3.8, 4) is 0 Å². The number of ether oxygens (including phenoxy) is 1. The number of carbonyl (C=O) groups excluding carboxylic acids is 1. The largest absolute Gasteiger partial charge is 0.481 e. The predicted molar refractivity (Wildman–Crippen MR) is 115 cm³/mol. The molecule has 8 nitrogen and oxygen atoms in total. The van der Waals surface area contributed by atoms with E-state index in [1.54, 1.807) is 4.90 Å². The monoisotopic (exact) mass is 435 g/mol. The molecule has 0 bridgehead atoms. The summed E-state index contributed by atoms with van der Waals surface area (Å²) in [6.07, 6.45) is 10.5. The minimum atomic E-state index is -0.862. The highest BCUT2D eigenvalue weighted by Crippen LogP contribution is 2.34. The average Bonchev–Trinajstić information content (AvgIpc) is 3.36. The van der Waals surface area contributed by atoms with E-state index < -0.39 is 11.6 Å². The maximum absolute atomic E-state index is 12.6. The third-order valence-corrected chi connectivity index (χ3v) is 6.30. The maximum Gasteiger partial charge on any atom is 0.410 e. The van der Waals surface area contributed by atoms with E-state index in [1.165, 1.54) is 32.1 Å². The van der Waals surface area contributed by atoms with Gasteiger partial charge < -0.3 is 14.4 Å². The van der Waals surface area contributed by atoms with E-state index in [9.17, 15) is 14.7 Å². The first-order chi connectivity index (χ1) is 14.7. The fraction of sp³-hybridized carbons (Fsp3) is 0.826. The summed E-state index contributed by atoms with van der Waals surface area (Å²) < 4.78 is 11.0. The first-order valence-corrected chi connectivity index (χ1v) is 11.8. The fourth-order valence-corrected chi connectivity index (χ4v) is 4.78. The third-order valence-electron chi connectivity index (χ3n) is 6.30. The quantitative estimate of drug-likeness (QED) is 0.578. The minimum absolute atomic E-state index is 0.0211. The number of carboxylic acids is 1. The summed E-state index contributed by atoms with van der Waals surface area (Å²) >= 11 is 0. The lowest BCUT2D eigenvalue weighted by atomic mass is 9.84. The van der Waals surface area contributed by atoms with Crippen LogP contribution < -0.4 is 0 Å². The van der Waals surface area contributed by atoms with E-state index in [-0.39, 0.29) is 24.5 Å². The lowest BCUT2D eigenvalue weighted by molar-refractivity contribution is -0.137. The fourth-order valence-electron chi connectivity index (χ4n) is 4.78. The second-order valence-corrected chi connectivity index (χ2v) is 10.1. The molecule has 2 fully saturated rings. The number of aliphatic carboxylic acids is 1. The Kier molecular flexibility index (Phi) is 7.94. The lowest BCUT2D eigenvalue weighted by Crippen LogP contribution is -2.36. The molecule has 0 spiro atoms. The van der Waals surface area contributed by atoms with Crippen LogP contribution in [0.4, 0.5) is 4.79 Å². The van der Waals surface area contributed by atoms with Crippen LogP contribution in [0.3, 0.4) is 0 Å². The molecule has 2 atom stereocenters. The van der Waals surface area contributed by atoms with Crippen LogP contribution in [-0.4, -0.2) is 44.4 Å². The Bertz CT molecular complexity index is 736. The molecule has 1 aromatic rings. The van der Waals surface area contributed by atoms with E-state index in [4.69, 9.17) is 9.26 Å². The summed E-state index contributed by atoms with van der Waals surface area (Å²) in [5.41, 5.74) is -0.572. The van der Waals surface area contributed by atoms with Crippen LogP contribution in [0.5, 0.6) is 0 Å². The number of nitrogens with zero attached hydrogens (tertiary/aromatic N) is 3. The number of carboxylic acid groups (broad SMARTS) is 1. The Morgan fingerprint density at radius 3 is 2.61 bits per heavy atom. The van der Waals surface area contributed by atoms with Gasteiger partial charge in [0.15, 0.2) is 5.82 Å². The molecule has 1 N–H and O–H groups in total. The topological polar surface area (TPSA) is 106 Å². The number of aromatic nitrogens is 2. The molecule has 1 unspecified atom stereocenters. The van der Waals surface area contributed by atoms with E-state index in [0.717, 1.165) is 38.0 Å². The normalized spacial score (nSPS) is 21.3. The molecule has 2 heterocycles. The van der Waals surface area contributed by atoms with Crippen molar-refractivity contribution in [3.05, 3.63) is 11.7 Å². The van der Waals surface area contributed by atoms with Gasteiger partial charge in [-0.2, -0.15) is 4.98 Å². The zero-order valence-electron chi connectivity index (χ0n) is 19.1. The number of carbonyl (C=O) groups is 2. The molecule has 1 aromatic heterocycles. The number of likely N-dealkylation sites (tertiary alicyclic amines) is 1. The summed E-state index contributed by atoms with van der Waals surface area (Å²) in [5, 5.41) is 13.5. The summed E-state index contributed by atoms with van der Waals surface area (Å²) in [4.78, 5) is 30.2. The first-order valence-electron chi connectivity index (χ1n) is 11.8. The molecular weight excluding hydrogens is 398 g/mol. The van der Waals surface area contributed by atoms with Crippen molar-refractivity contribution < 1.29 is 24.0 Å². The molecule has 3 rings (SSSR count). The van der Waals surface area contributed by atoms with Crippen molar-refractivity contribution in [2.45, 2.75) is 109 Å².